The number of nitrogens with zero attached hydrogens (tertiary/aromatic N) is 5. The minimum absolute atomic E-state index is 0.148. The van der Waals surface area contributed by atoms with Crippen molar-refractivity contribution in [1.29, 1.82) is 0 Å². The van der Waals surface area contributed by atoms with E-state index >= 15 is 0 Å². The maximum absolute atomic E-state index is 14.2. The lowest BCUT2D eigenvalue weighted by Crippen LogP contribution is -2.57. The SMILES string of the molecule is CC(=O)NCC(=O)NC1(C(=O)N(C)[C@@H](C)c2cc3nc(N4CC[C@H](N)C4)c(C)cn3n2)CCc2ccccc21. The highest BCUT2D eigenvalue weighted by Gasteiger charge is 2.48. The predicted octanol–water partition coefficient (Wildman–Crippen LogP) is 1.19. The molecule has 39 heavy (non-hydrogen) atoms. The number of hydrogen-bond donors (Lipinski definition) is 3. The third-order valence-corrected chi connectivity index (χ3v) is 7.94. The molecule has 1 saturated heterocycles. The summed E-state index contributed by atoms with van der Waals surface area (Å²) < 4.78 is 1.74. The summed E-state index contributed by atoms with van der Waals surface area (Å²) >= 11 is 0. The molecule has 2 aromatic heterocycles. The zero-order chi connectivity index (χ0) is 27.9. The van der Waals surface area contributed by atoms with Gasteiger partial charge in [-0.05, 0) is 44.2 Å². The van der Waals surface area contributed by atoms with Gasteiger partial charge in [-0.25, -0.2) is 9.50 Å². The minimum atomic E-state index is -1.23. The van der Waals surface area contributed by atoms with E-state index in [4.69, 9.17) is 15.8 Å². The van der Waals surface area contributed by atoms with Crippen molar-refractivity contribution in [2.24, 2.45) is 5.73 Å². The number of hydrogen-bond acceptors (Lipinski definition) is 7. The lowest BCUT2D eigenvalue weighted by molar-refractivity contribution is -0.143. The van der Waals surface area contributed by atoms with Crippen molar-refractivity contribution in [2.75, 3.05) is 31.6 Å². The van der Waals surface area contributed by atoms with Crippen LogP contribution < -0.4 is 21.3 Å². The van der Waals surface area contributed by atoms with E-state index in [1.807, 2.05) is 50.4 Å². The quantitative estimate of drug-likeness (QED) is 0.416. The van der Waals surface area contributed by atoms with Gasteiger partial charge in [-0.3, -0.25) is 14.4 Å². The molecule has 0 radical (unpaired) electrons. The molecule has 1 unspecified atom stereocenters. The highest BCUT2D eigenvalue weighted by atomic mass is 16.2. The molecule has 0 spiro atoms. The van der Waals surface area contributed by atoms with Crippen LogP contribution in [-0.2, 0) is 26.3 Å². The number of nitrogens with one attached hydrogen (secondary N) is 2. The summed E-state index contributed by atoms with van der Waals surface area (Å²) in [7, 11) is 1.73. The first-order chi connectivity index (χ1) is 18.6. The topological polar surface area (TPSA) is 138 Å². The summed E-state index contributed by atoms with van der Waals surface area (Å²) in [6.45, 7) is 6.72. The van der Waals surface area contributed by atoms with Crippen molar-refractivity contribution in [2.45, 2.75) is 57.7 Å². The molecule has 3 aromatic rings. The Morgan fingerprint density at radius 1 is 1.28 bits per heavy atom. The van der Waals surface area contributed by atoms with E-state index in [0.717, 1.165) is 42.0 Å². The zero-order valence-corrected chi connectivity index (χ0v) is 22.9. The highest BCUT2D eigenvalue weighted by molar-refractivity contribution is 5.95. The van der Waals surface area contributed by atoms with Crippen molar-refractivity contribution in [3.05, 3.63) is 58.9 Å². The molecule has 1 fully saturated rings. The molecule has 1 aromatic carbocycles. The molecule has 206 valence electrons. The molecule has 11 heteroatoms. The Hall–Kier alpha value is -3.99. The minimum Gasteiger partial charge on any atom is -0.355 e. The van der Waals surface area contributed by atoms with Gasteiger partial charge in [0.05, 0.1) is 18.3 Å². The summed E-state index contributed by atoms with van der Waals surface area (Å²) in [5.41, 5.74) is 9.08. The molecule has 1 aliphatic heterocycles. The number of amides is 3. The van der Waals surface area contributed by atoms with Gasteiger partial charge in [-0.15, -0.1) is 0 Å². The molecule has 11 nitrogen and oxygen atoms in total. The molecular formula is C28H36N8O3. The van der Waals surface area contributed by atoms with Crippen molar-refractivity contribution < 1.29 is 14.4 Å². The number of benzene rings is 1. The molecule has 4 N–H and O–H groups in total. The third kappa shape index (κ3) is 4.94. The number of aromatic nitrogens is 3. The average molecular weight is 533 g/mol. The van der Waals surface area contributed by atoms with Gasteiger partial charge in [0, 0.05) is 50.9 Å². The van der Waals surface area contributed by atoms with Crippen LogP contribution in [0.1, 0.15) is 55.1 Å². The number of rotatable bonds is 7. The standard InChI is InChI=1S/C28H36N8O3/c1-17-15-36-24(31-26(17)35-12-10-21(29)16-35)13-23(33-36)18(2)34(4)27(39)28(32-25(38)14-30-19(3)37)11-9-20-7-5-6-8-22(20)28/h5-8,13,15,18,21H,9-12,14,16,29H2,1-4H3,(H,30,37)(H,32,38)/t18-,21-,28?/m0/s1. The monoisotopic (exact) mass is 532 g/mol. The Kier molecular flexibility index (Phi) is 7.02. The van der Waals surface area contributed by atoms with Gasteiger partial charge in [-0.2, -0.15) is 5.10 Å². The van der Waals surface area contributed by atoms with Crippen LogP contribution in [0.25, 0.3) is 5.65 Å². The maximum Gasteiger partial charge on any atom is 0.253 e. The normalized spacial score (nSPS) is 21.1. The van der Waals surface area contributed by atoms with E-state index in [2.05, 4.69) is 15.5 Å². The first kappa shape index (κ1) is 26.6. The van der Waals surface area contributed by atoms with Gasteiger partial charge >= 0.3 is 0 Å². The maximum atomic E-state index is 14.2. The van der Waals surface area contributed by atoms with Crippen LogP contribution in [-0.4, -0.2) is 69.9 Å². The van der Waals surface area contributed by atoms with Crippen LogP contribution in [0, 0.1) is 6.92 Å². The summed E-state index contributed by atoms with van der Waals surface area (Å²) in [4.78, 5) is 47.1. The number of carbonyl (C=O) groups excluding carboxylic acids is 3. The van der Waals surface area contributed by atoms with Crippen LogP contribution in [0.5, 0.6) is 0 Å². The van der Waals surface area contributed by atoms with Gasteiger partial charge in [-0.1, -0.05) is 24.3 Å². The van der Waals surface area contributed by atoms with E-state index in [0.29, 0.717) is 24.2 Å². The Balaban J connectivity index is 1.43. The number of fused-ring (bicyclic) bond motifs is 2. The second-order valence-corrected chi connectivity index (χ2v) is 10.7. The molecule has 0 saturated carbocycles. The Morgan fingerprint density at radius 2 is 2.05 bits per heavy atom. The molecule has 1 aliphatic carbocycles. The van der Waals surface area contributed by atoms with Crippen molar-refractivity contribution >= 4 is 29.2 Å². The number of anilines is 1. The number of nitrogens with two attached hydrogens (primary N) is 1. The number of aryl methyl sites for hydroxylation is 2. The molecular weight excluding hydrogens is 496 g/mol. The zero-order valence-electron chi connectivity index (χ0n) is 22.9. The van der Waals surface area contributed by atoms with Crippen molar-refractivity contribution in [3.8, 4) is 0 Å². The second kappa shape index (κ2) is 10.3. The van der Waals surface area contributed by atoms with Crippen molar-refractivity contribution in [1.82, 2.24) is 30.1 Å². The summed E-state index contributed by atoms with van der Waals surface area (Å²) in [6.07, 6.45) is 3.98. The van der Waals surface area contributed by atoms with E-state index < -0.39 is 11.4 Å². The van der Waals surface area contributed by atoms with Gasteiger partial charge in [0.2, 0.25) is 11.8 Å². The van der Waals surface area contributed by atoms with Gasteiger partial charge in [0.15, 0.2) is 5.65 Å². The second-order valence-electron chi connectivity index (χ2n) is 10.7. The lowest BCUT2D eigenvalue weighted by Gasteiger charge is -2.36. The fourth-order valence-electron chi connectivity index (χ4n) is 5.70. The third-order valence-electron chi connectivity index (χ3n) is 7.94. The van der Waals surface area contributed by atoms with Crippen LogP contribution in [0.4, 0.5) is 5.82 Å². The molecule has 3 heterocycles. The fraction of sp³-hybridized carbons (Fsp3) is 0.464. The first-order valence-electron chi connectivity index (χ1n) is 13.4. The van der Waals surface area contributed by atoms with E-state index in [1.165, 1.54) is 6.92 Å². The Bertz CT molecular complexity index is 1440. The number of carbonyl (C=O) groups is 3. The molecule has 3 atom stereocenters. The Labute approximate surface area is 227 Å². The smallest absolute Gasteiger partial charge is 0.253 e. The summed E-state index contributed by atoms with van der Waals surface area (Å²) in [5.74, 6) is -0.0566. The molecule has 2 aliphatic rings. The van der Waals surface area contributed by atoms with E-state index in [1.54, 1.807) is 16.5 Å². The van der Waals surface area contributed by atoms with Crippen LogP contribution in [0.2, 0.25) is 0 Å². The average Bonchev–Trinajstić information content (AvgIpc) is 3.63. The molecule has 3 amide bonds. The summed E-state index contributed by atoms with van der Waals surface area (Å²) in [6, 6.07) is 9.33. The lowest BCUT2D eigenvalue weighted by atomic mass is 9.89. The van der Waals surface area contributed by atoms with Gasteiger partial charge in [0.25, 0.3) is 5.91 Å². The highest BCUT2D eigenvalue weighted by Crippen LogP contribution is 2.39. The van der Waals surface area contributed by atoms with E-state index in [9.17, 15) is 14.4 Å². The largest absolute Gasteiger partial charge is 0.355 e. The molecule has 5 rings (SSSR count). The molecule has 0 bridgehead atoms. The van der Waals surface area contributed by atoms with Gasteiger partial charge in [0.1, 0.15) is 11.4 Å². The van der Waals surface area contributed by atoms with Gasteiger partial charge < -0.3 is 26.2 Å². The predicted molar refractivity (Wildman–Crippen MR) is 147 cm³/mol. The fourth-order valence-corrected chi connectivity index (χ4v) is 5.70. The Morgan fingerprint density at radius 3 is 2.77 bits per heavy atom. The summed E-state index contributed by atoms with van der Waals surface area (Å²) in [5, 5.41) is 10.2. The van der Waals surface area contributed by atoms with Crippen molar-refractivity contribution in [3.63, 3.8) is 0 Å². The van der Waals surface area contributed by atoms with Crippen LogP contribution >= 0.6 is 0 Å². The van der Waals surface area contributed by atoms with Crippen LogP contribution in [0.15, 0.2) is 36.5 Å². The van der Waals surface area contributed by atoms with E-state index in [-0.39, 0.29) is 30.4 Å². The first-order valence-corrected chi connectivity index (χ1v) is 13.4. The van der Waals surface area contributed by atoms with Crippen LogP contribution in [0.3, 0.4) is 0 Å². The number of likely N-dealkylation sites (N-methyl/N-ethyl adjacent to an activating group) is 1.